The molecule has 0 radical (unpaired) electrons. The number of nitrogens with zero attached hydrogens (tertiary/aromatic N) is 2. The number of hydrogen-bond donors (Lipinski definition) is 0. The summed E-state index contributed by atoms with van der Waals surface area (Å²) in [5.74, 6) is 0.758. The number of piperazine rings is 1. The second kappa shape index (κ2) is 9.95. The van der Waals surface area contributed by atoms with E-state index in [-0.39, 0.29) is 24.8 Å². The molecule has 0 aliphatic carbocycles. The maximum absolute atomic E-state index is 6.01. The highest BCUT2D eigenvalue weighted by atomic mass is 35.5. The molecule has 0 amide bonds. The van der Waals surface area contributed by atoms with Gasteiger partial charge in [-0.1, -0.05) is 17.7 Å². The van der Waals surface area contributed by atoms with Gasteiger partial charge in [-0.3, -0.25) is 4.90 Å². The van der Waals surface area contributed by atoms with Crippen LogP contribution in [-0.4, -0.2) is 43.5 Å². The Labute approximate surface area is 137 Å². The SMILES string of the molecule is Cl.Cl.ClCCCN1CCN(c2cccc(Cl)c2)CC1. The molecule has 1 aliphatic heterocycles. The van der Waals surface area contributed by atoms with Gasteiger partial charge in [-0.25, -0.2) is 0 Å². The van der Waals surface area contributed by atoms with Gasteiger partial charge in [0, 0.05) is 42.8 Å². The van der Waals surface area contributed by atoms with E-state index in [4.69, 9.17) is 23.2 Å². The summed E-state index contributed by atoms with van der Waals surface area (Å²) in [7, 11) is 0. The second-order valence-corrected chi connectivity index (χ2v) is 5.17. The molecule has 2 nitrogen and oxygen atoms in total. The van der Waals surface area contributed by atoms with Gasteiger partial charge >= 0.3 is 0 Å². The molecule has 19 heavy (non-hydrogen) atoms. The van der Waals surface area contributed by atoms with Crippen LogP contribution in [0.2, 0.25) is 5.02 Å². The van der Waals surface area contributed by atoms with Crippen LogP contribution in [0.15, 0.2) is 24.3 Å². The van der Waals surface area contributed by atoms with E-state index < -0.39 is 0 Å². The molecule has 0 saturated carbocycles. The van der Waals surface area contributed by atoms with E-state index in [1.54, 1.807) is 0 Å². The third kappa shape index (κ3) is 5.97. The summed E-state index contributed by atoms with van der Waals surface area (Å²) in [4.78, 5) is 4.87. The molecule has 1 fully saturated rings. The predicted molar refractivity (Wildman–Crippen MR) is 89.9 cm³/mol. The van der Waals surface area contributed by atoms with Crippen LogP contribution in [0.5, 0.6) is 0 Å². The van der Waals surface area contributed by atoms with Gasteiger partial charge in [-0.2, -0.15) is 0 Å². The van der Waals surface area contributed by atoms with Gasteiger partial charge in [0.2, 0.25) is 0 Å². The zero-order valence-corrected chi connectivity index (χ0v) is 13.9. The Morgan fingerprint density at radius 2 is 1.74 bits per heavy atom. The maximum atomic E-state index is 6.01. The standard InChI is InChI=1S/C13H18Cl2N2.2ClH/c14-5-2-6-16-7-9-17(10-8-16)13-4-1-3-12(15)11-13;;/h1,3-4,11H,2,5-10H2;2*1H. The van der Waals surface area contributed by atoms with E-state index in [1.165, 1.54) is 5.69 Å². The molecule has 1 aromatic rings. The first-order chi connectivity index (χ1) is 8.29. The fraction of sp³-hybridized carbons (Fsp3) is 0.538. The quantitative estimate of drug-likeness (QED) is 0.763. The largest absolute Gasteiger partial charge is 0.369 e. The zero-order valence-electron chi connectivity index (χ0n) is 10.7. The molecule has 6 heteroatoms. The molecular weight excluding hydrogens is 326 g/mol. The molecule has 0 N–H and O–H groups in total. The van der Waals surface area contributed by atoms with Crippen molar-refractivity contribution in [3.8, 4) is 0 Å². The average Bonchev–Trinajstić information content (AvgIpc) is 2.37. The van der Waals surface area contributed by atoms with E-state index in [0.717, 1.165) is 50.0 Å². The summed E-state index contributed by atoms with van der Waals surface area (Å²) in [5, 5.41) is 0.812. The van der Waals surface area contributed by atoms with Crippen molar-refractivity contribution < 1.29 is 0 Å². The molecule has 0 spiro atoms. The number of alkyl halides is 1. The lowest BCUT2D eigenvalue weighted by atomic mass is 10.2. The summed E-state index contributed by atoms with van der Waals surface area (Å²) in [6, 6.07) is 8.09. The van der Waals surface area contributed by atoms with Crippen LogP contribution >= 0.6 is 48.0 Å². The van der Waals surface area contributed by atoms with E-state index in [9.17, 15) is 0 Å². The topological polar surface area (TPSA) is 6.48 Å². The van der Waals surface area contributed by atoms with E-state index in [1.807, 2.05) is 18.2 Å². The van der Waals surface area contributed by atoms with Crippen LogP contribution < -0.4 is 4.90 Å². The molecule has 0 unspecified atom stereocenters. The average molecular weight is 346 g/mol. The molecule has 1 heterocycles. The molecule has 1 saturated heterocycles. The fourth-order valence-corrected chi connectivity index (χ4v) is 2.49. The first-order valence-electron chi connectivity index (χ1n) is 6.08. The third-order valence-electron chi connectivity index (χ3n) is 3.15. The summed E-state index contributed by atoms with van der Waals surface area (Å²) in [5.41, 5.74) is 1.23. The van der Waals surface area contributed by atoms with Gasteiger partial charge in [0.15, 0.2) is 0 Å². The molecule has 0 aromatic heterocycles. The van der Waals surface area contributed by atoms with Crippen molar-refractivity contribution in [3.05, 3.63) is 29.3 Å². The van der Waals surface area contributed by atoms with Crippen molar-refractivity contribution in [1.82, 2.24) is 4.90 Å². The van der Waals surface area contributed by atoms with Crippen LogP contribution in [0.3, 0.4) is 0 Å². The third-order valence-corrected chi connectivity index (χ3v) is 3.66. The first-order valence-corrected chi connectivity index (χ1v) is 6.99. The number of anilines is 1. The monoisotopic (exact) mass is 344 g/mol. The number of hydrogen-bond acceptors (Lipinski definition) is 2. The molecule has 110 valence electrons. The Bertz CT molecular complexity index is 354. The van der Waals surface area contributed by atoms with Crippen LogP contribution in [0.25, 0.3) is 0 Å². The highest BCUT2D eigenvalue weighted by molar-refractivity contribution is 6.30. The minimum absolute atomic E-state index is 0. The normalized spacial score (nSPS) is 15.6. The Balaban J connectivity index is 0.00000162. The van der Waals surface area contributed by atoms with Crippen LogP contribution in [0, 0.1) is 0 Å². The van der Waals surface area contributed by atoms with Crippen molar-refractivity contribution in [2.75, 3.05) is 43.5 Å². The van der Waals surface area contributed by atoms with Crippen molar-refractivity contribution in [1.29, 1.82) is 0 Å². The minimum Gasteiger partial charge on any atom is -0.369 e. The Kier molecular flexibility index (Phi) is 10.0. The van der Waals surface area contributed by atoms with Gasteiger partial charge in [0.05, 0.1) is 0 Å². The van der Waals surface area contributed by atoms with Crippen molar-refractivity contribution in [2.24, 2.45) is 0 Å². The lowest BCUT2D eigenvalue weighted by molar-refractivity contribution is 0.259. The molecule has 2 rings (SSSR count). The van der Waals surface area contributed by atoms with Gasteiger partial charge < -0.3 is 4.90 Å². The molecule has 1 aromatic carbocycles. The number of benzene rings is 1. The van der Waals surface area contributed by atoms with Crippen molar-refractivity contribution in [2.45, 2.75) is 6.42 Å². The van der Waals surface area contributed by atoms with Gasteiger partial charge in [-0.15, -0.1) is 36.4 Å². The fourth-order valence-electron chi connectivity index (χ4n) is 2.19. The highest BCUT2D eigenvalue weighted by Gasteiger charge is 2.16. The summed E-state index contributed by atoms with van der Waals surface area (Å²) < 4.78 is 0. The minimum atomic E-state index is 0. The summed E-state index contributed by atoms with van der Waals surface area (Å²) >= 11 is 11.7. The smallest absolute Gasteiger partial charge is 0.0426 e. The Morgan fingerprint density at radius 3 is 2.32 bits per heavy atom. The van der Waals surface area contributed by atoms with Crippen LogP contribution in [0.1, 0.15) is 6.42 Å². The Morgan fingerprint density at radius 1 is 1.05 bits per heavy atom. The second-order valence-electron chi connectivity index (χ2n) is 4.35. The predicted octanol–water partition coefficient (Wildman–Crippen LogP) is 3.93. The van der Waals surface area contributed by atoms with Gasteiger partial charge in [0.1, 0.15) is 0 Å². The van der Waals surface area contributed by atoms with E-state index >= 15 is 0 Å². The lowest BCUT2D eigenvalue weighted by Crippen LogP contribution is -2.46. The highest BCUT2D eigenvalue weighted by Crippen LogP contribution is 2.20. The van der Waals surface area contributed by atoms with Crippen LogP contribution in [0.4, 0.5) is 5.69 Å². The first kappa shape index (κ1) is 19.1. The lowest BCUT2D eigenvalue weighted by Gasteiger charge is -2.36. The van der Waals surface area contributed by atoms with Crippen molar-refractivity contribution in [3.63, 3.8) is 0 Å². The maximum Gasteiger partial charge on any atom is 0.0426 e. The number of rotatable bonds is 4. The van der Waals surface area contributed by atoms with Gasteiger partial charge in [0.25, 0.3) is 0 Å². The zero-order chi connectivity index (χ0) is 12.1. The summed E-state index contributed by atoms with van der Waals surface area (Å²) in [6.45, 7) is 5.49. The van der Waals surface area contributed by atoms with E-state index in [2.05, 4.69) is 15.9 Å². The Hall–Kier alpha value is 0.140. The summed E-state index contributed by atoms with van der Waals surface area (Å²) in [6.07, 6.45) is 1.08. The molecule has 0 atom stereocenters. The molecule has 0 bridgehead atoms. The molecular formula is C13H20Cl4N2. The molecule has 1 aliphatic rings. The van der Waals surface area contributed by atoms with Crippen LogP contribution in [-0.2, 0) is 0 Å². The van der Waals surface area contributed by atoms with Gasteiger partial charge in [-0.05, 0) is 31.2 Å². The van der Waals surface area contributed by atoms with Crippen molar-refractivity contribution >= 4 is 53.7 Å². The number of halogens is 4. The van der Waals surface area contributed by atoms with E-state index in [0.29, 0.717) is 0 Å².